The molecule has 0 spiro atoms. The number of halogens is 2. The summed E-state index contributed by atoms with van der Waals surface area (Å²) in [6, 6.07) is 16.2. The molecule has 0 unspecified atom stereocenters. The topological polar surface area (TPSA) is 46.4 Å². The van der Waals surface area contributed by atoms with Crippen molar-refractivity contribution in [2.75, 3.05) is 0 Å². The van der Waals surface area contributed by atoms with Crippen LogP contribution in [0.3, 0.4) is 0 Å². The largest absolute Gasteiger partial charge is 0.318 e. The highest BCUT2D eigenvalue weighted by Gasteiger charge is 2.25. The number of carbonyl (C=O) groups is 1. The van der Waals surface area contributed by atoms with E-state index in [0.29, 0.717) is 20.8 Å². The Kier molecular flexibility index (Phi) is 6.63. The first-order valence-electron chi connectivity index (χ1n) is 10.6. The van der Waals surface area contributed by atoms with E-state index in [1.165, 1.54) is 17.3 Å². The minimum atomic E-state index is -0.152. The first-order chi connectivity index (χ1) is 15.5. The quantitative estimate of drug-likeness (QED) is 0.345. The molecule has 170 valence electrons. The van der Waals surface area contributed by atoms with Crippen LogP contribution in [0, 0.1) is 13.8 Å². The molecule has 4 rings (SSSR count). The van der Waals surface area contributed by atoms with Crippen LogP contribution >= 0.6 is 39.3 Å². The van der Waals surface area contributed by atoms with Gasteiger partial charge in [0.1, 0.15) is 0 Å². The summed E-state index contributed by atoms with van der Waals surface area (Å²) in [4.78, 5) is 17.7. The van der Waals surface area contributed by atoms with Crippen LogP contribution in [0.25, 0.3) is 11.8 Å². The molecule has 0 bridgehead atoms. The zero-order valence-electron chi connectivity index (χ0n) is 19.2. The first kappa shape index (κ1) is 23.9. The third-order valence-corrected chi connectivity index (χ3v) is 7.68. The zero-order chi connectivity index (χ0) is 23.9. The number of hydrogen-bond donors (Lipinski definition) is 1. The number of nitrogens with one attached hydrogen (secondary N) is 1. The average molecular weight is 543 g/mol. The predicted octanol–water partition coefficient (Wildman–Crippen LogP) is 7.70. The number of benzene rings is 2. The predicted molar refractivity (Wildman–Crippen MR) is 144 cm³/mol. The van der Waals surface area contributed by atoms with Gasteiger partial charge in [-0.3, -0.25) is 4.79 Å². The van der Waals surface area contributed by atoms with Crippen molar-refractivity contribution >= 4 is 62.1 Å². The molecular formula is C26H25BrClN3OS. The van der Waals surface area contributed by atoms with Crippen LogP contribution in [0.2, 0.25) is 5.02 Å². The number of thioether (sulfide) groups is 1. The maximum Gasteiger partial charge on any atom is 0.264 e. The Labute approximate surface area is 212 Å². The van der Waals surface area contributed by atoms with Crippen LogP contribution in [-0.2, 0) is 10.2 Å². The van der Waals surface area contributed by atoms with Crippen molar-refractivity contribution in [1.82, 2.24) is 9.88 Å². The Morgan fingerprint density at radius 3 is 2.42 bits per heavy atom. The third-order valence-electron chi connectivity index (χ3n) is 5.53. The molecule has 2 heterocycles. The number of carbonyl (C=O) groups excluding carboxylic acids is 1. The maximum atomic E-state index is 12.6. The van der Waals surface area contributed by atoms with Gasteiger partial charge < -0.3 is 9.88 Å². The van der Waals surface area contributed by atoms with Gasteiger partial charge >= 0.3 is 0 Å². The van der Waals surface area contributed by atoms with Gasteiger partial charge in [-0.25, -0.2) is 4.99 Å². The number of amidine groups is 1. The highest BCUT2D eigenvalue weighted by Crippen LogP contribution is 2.32. The van der Waals surface area contributed by atoms with Crippen molar-refractivity contribution in [3.8, 4) is 5.69 Å². The summed E-state index contributed by atoms with van der Waals surface area (Å²) in [5.41, 5.74) is 6.42. The number of rotatable bonds is 3. The van der Waals surface area contributed by atoms with Gasteiger partial charge in [-0.05, 0) is 101 Å². The summed E-state index contributed by atoms with van der Waals surface area (Å²) in [5, 5.41) is 3.96. The molecule has 1 fully saturated rings. The lowest BCUT2D eigenvalue weighted by atomic mass is 9.87. The smallest absolute Gasteiger partial charge is 0.264 e. The maximum absolute atomic E-state index is 12.6. The normalized spacial score (nSPS) is 16.6. The fourth-order valence-electron chi connectivity index (χ4n) is 3.74. The van der Waals surface area contributed by atoms with Gasteiger partial charge in [0.2, 0.25) is 0 Å². The Balaban J connectivity index is 1.61. The van der Waals surface area contributed by atoms with E-state index in [-0.39, 0.29) is 11.3 Å². The number of aryl methyl sites for hydroxylation is 1. The van der Waals surface area contributed by atoms with E-state index < -0.39 is 0 Å². The second-order valence-corrected chi connectivity index (χ2v) is 11.3. The Hall–Kier alpha value is -2.28. The van der Waals surface area contributed by atoms with Gasteiger partial charge in [-0.2, -0.15) is 0 Å². The lowest BCUT2D eigenvalue weighted by Crippen LogP contribution is -2.19. The van der Waals surface area contributed by atoms with Gasteiger partial charge in [0.05, 0.1) is 15.6 Å². The van der Waals surface area contributed by atoms with E-state index >= 15 is 0 Å². The van der Waals surface area contributed by atoms with E-state index in [9.17, 15) is 4.79 Å². The van der Waals surface area contributed by atoms with E-state index in [0.717, 1.165) is 27.1 Å². The van der Waals surface area contributed by atoms with E-state index in [4.69, 9.17) is 11.6 Å². The van der Waals surface area contributed by atoms with E-state index in [1.54, 1.807) is 6.07 Å². The molecule has 0 atom stereocenters. The summed E-state index contributed by atoms with van der Waals surface area (Å²) in [6.07, 6.45) is 1.93. The molecule has 4 nitrogen and oxygen atoms in total. The van der Waals surface area contributed by atoms with Crippen LogP contribution in [0.1, 0.15) is 43.3 Å². The fraction of sp³-hybridized carbons (Fsp3) is 0.231. The monoisotopic (exact) mass is 541 g/mol. The molecule has 7 heteroatoms. The summed E-state index contributed by atoms with van der Waals surface area (Å²) in [7, 11) is 0. The van der Waals surface area contributed by atoms with Crippen molar-refractivity contribution in [3.63, 3.8) is 0 Å². The van der Waals surface area contributed by atoms with Gasteiger partial charge in [0.25, 0.3) is 5.91 Å². The number of hydrogen-bond acceptors (Lipinski definition) is 3. The highest BCUT2D eigenvalue weighted by molar-refractivity contribution is 9.10. The molecule has 3 aromatic rings. The van der Waals surface area contributed by atoms with E-state index in [1.807, 2.05) is 18.2 Å². The van der Waals surface area contributed by atoms with Crippen molar-refractivity contribution < 1.29 is 4.79 Å². The molecule has 0 aliphatic carbocycles. The molecular weight excluding hydrogens is 518 g/mol. The number of amides is 1. The lowest BCUT2D eigenvalue weighted by Gasteiger charge is -2.20. The highest BCUT2D eigenvalue weighted by atomic mass is 79.9. The molecule has 1 aromatic heterocycles. The van der Waals surface area contributed by atoms with Gasteiger partial charge in [0, 0.05) is 21.5 Å². The standard InChI is InChI=1S/C26H25BrClN3OS/c1-15-12-17(16(2)31(15)20-9-6-18(7-10-20)26(3,4)5)13-23-24(32)30-25(33-23)29-19-8-11-21(27)22(28)14-19/h6-14H,1-5H3,(H,29,30,32)/b23-13-. The minimum Gasteiger partial charge on any atom is -0.318 e. The molecule has 1 aliphatic rings. The summed E-state index contributed by atoms with van der Waals surface area (Å²) >= 11 is 10.9. The summed E-state index contributed by atoms with van der Waals surface area (Å²) in [6.45, 7) is 10.8. The molecule has 1 saturated heterocycles. The van der Waals surface area contributed by atoms with E-state index in [2.05, 4.69) is 95.8 Å². The number of aromatic nitrogens is 1. The lowest BCUT2D eigenvalue weighted by molar-refractivity contribution is -0.115. The second-order valence-electron chi connectivity index (χ2n) is 9.04. The van der Waals surface area contributed by atoms with Crippen LogP contribution in [0.4, 0.5) is 5.69 Å². The Bertz CT molecular complexity index is 1300. The van der Waals surface area contributed by atoms with Gasteiger partial charge in [-0.15, -0.1) is 0 Å². The molecule has 1 aliphatic heterocycles. The second kappa shape index (κ2) is 9.16. The number of nitrogens with zero attached hydrogens (tertiary/aromatic N) is 2. The summed E-state index contributed by atoms with van der Waals surface area (Å²) < 4.78 is 3.02. The molecule has 33 heavy (non-hydrogen) atoms. The number of aliphatic imine (C=N–C) groups is 1. The fourth-order valence-corrected chi connectivity index (χ4v) is 4.99. The zero-order valence-corrected chi connectivity index (χ0v) is 22.3. The van der Waals surface area contributed by atoms with Crippen LogP contribution < -0.4 is 5.32 Å². The molecule has 2 aromatic carbocycles. The van der Waals surface area contributed by atoms with Crippen LogP contribution in [0.5, 0.6) is 0 Å². The van der Waals surface area contributed by atoms with Crippen LogP contribution in [-0.4, -0.2) is 15.6 Å². The Morgan fingerprint density at radius 1 is 1.09 bits per heavy atom. The summed E-state index contributed by atoms with van der Waals surface area (Å²) in [5.74, 6) is -0.152. The van der Waals surface area contributed by atoms with Crippen LogP contribution in [0.15, 0.2) is 62.9 Å². The first-order valence-corrected chi connectivity index (χ1v) is 12.6. The molecule has 1 N–H and O–H groups in total. The minimum absolute atomic E-state index is 0.114. The molecule has 1 amide bonds. The van der Waals surface area contributed by atoms with Crippen molar-refractivity contribution in [1.29, 1.82) is 0 Å². The van der Waals surface area contributed by atoms with Gasteiger partial charge in [-0.1, -0.05) is 44.5 Å². The van der Waals surface area contributed by atoms with Crippen molar-refractivity contribution in [3.05, 3.63) is 85.4 Å². The molecule has 0 saturated carbocycles. The van der Waals surface area contributed by atoms with Gasteiger partial charge in [0.15, 0.2) is 5.17 Å². The third kappa shape index (κ3) is 5.13. The SMILES string of the molecule is Cc1cc(/C=C2\SC(=Nc3ccc(Br)c(Cl)c3)NC2=O)c(C)n1-c1ccc(C(C)(C)C)cc1. The Morgan fingerprint density at radius 2 is 1.79 bits per heavy atom. The molecule has 0 radical (unpaired) electrons. The average Bonchev–Trinajstić information content (AvgIpc) is 3.22. The van der Waals surface area contributed by atoms with Crippen molar-refractivity contribution in [2.45, 2.75) is 40.0 Å². The van der Waals surface area contributed by atoms with Crippen molar-refractivity contribution in [2.24, 2.45) is 4.99 Å².